The first kappa shape index (κ1) is 20.9. The Balaban J connectivity index is 1.37. The minimum atomic E-state index is -0.447. The average molecular weight is 404 g/mol. The molecular weight excluding hydrogens is 380 g/mol. The largest absolute Gasteiger partial charge is 0.489 e. The zero-order valence-electron chi connectivity index (χ0n) is 16.8. The maximum atomic E-state index is 12.0. The summed E-state index contributed by atoms with van der Waals surface area (Å²) in [5.74, 6) is 0.498. The van der Waals surface area contributed by atoms with Crippen LogP contribution in [-0.2, 0) is 22.6 Å². The van der Waals surface area contributed by atoms with Crippen LogP contribution in [0.4, 0.5) is 0 Å². The van der Waals surface area contributed by atoms with Gasteiger partial charge >= 0.3 is 0 Å². The Morgan fingerprint density at radius 1 is 0.733 bits per heavy atom. The lowest BCUT2D eigenvalue weighted by molar-refractivity contribution is -0.129. The predicted octanol–water partition coefficient (Wildman–Crippen LogP) is 3.34. The molecule has 6 nitrogen and oxygen atoms in total. The topological polar surface area (TPSA) is 76.7 Å². The first-order valence-corrected chi connectivity index (χ1v) is 9.62. The van der Waals surface area contributed by atoms with Crippen LogP contribution in [0.3, 0.4) is 0 Å². The standard InChI is InChI=1S/C24H24N2O4/c1-18-7-5-6-10-20(18)15-23(27)25-26-24(28)17-30-22-13-11-21(12-14-22)29-16-19-8-3-2-4-9-19/h2-14H,15-17H2,1H3,(H,25,27)(H,26,28). The van der Waals surface area contributed by atoms with Gasteiger partial charge in [-0.05, 0) is 47.9 Å². The Morgan fingerprint density at radius 2 is 1.33 bits per heavy atom. The number of rotatable bonds is 8. The fraction of sp³-hybridized carbons (Fsp3) is 0.167. The molecule has 0 aliphatic rings. The highest BCUT2D eigenvalue weighted by Crippen LogP contribution is 2.18. The van der Waals surface area contributed by atoms with E-state index in [1.165, 1.54) is 0 Å². The summed E-state index contributed by atoms with van der Waals surface area (Å²) in [6.07, 6.45) is 0.193. The molecule has 154 valence electrons. The third-order valence-electron chi connectivity index (χ3n) is 4.40. The molecule has 0 aliphatic heterocycles. The highest BCUT2D eigenvalue weighted by molar-refractivity contribution is 5.84. The maximum Gasteiger partial charge on any atom is 0.276 e. The SMILES string of the molecule is Cc1ccccc1CC(=O)NNC(=O)COc1ccc(OCc2ccccc2)cc1. The van der Waals surface area contributed by atoms with Gasteiger partial charge in [0.2, 0.25) is 5.91 Å². The minimum Gasteiger partial charge on any atom is -0.489 e. The van der Waals surface area contributed by atoms with E-state index < -0.39 is 5.91 Å². The fourth-order valence-corrected chi connectivity index (χ4v) is 2.72. The van der Waals surface area contributed by atoms with Crippen LogP contribution in [0.5, 0.6) is 11.5 Å². The van der Waals surface area contributed by atoms with Crippen LogP contribution in [0.25, 0.3) is 0 Å². The van der Waals surface area contributed by atoms with Crippen molar-refractivity contribution in [1.29, 1.82) is 0 Å². The van der Waals surface area contributed by atoms with Crippen LogP contribution in [0.2, 0.25) is 0 Å². The summed E-state index contributed by atoms with van der Waals surface area (Å²) in [4.78, 5) is 23.9. The normalized spacial score (nSPS) is 10.2. The number of ether oxygens (including phenoxy) is 2. The van der Waals surface area contributed by atoms with Crippen LogP contribution < -0.4 is 20.3 Å². The minimum absolute atomic E-state index is 0.193. The number of aryl methyl sites for hydroxylation is 1. The predicted molar refractivity (Wildman–Crippen MR) is 114 cm³/mol. The van der Waals surface area contributed by atoms with Gasteiger partial charge in [-0.1, -0.05) is 54.6 Å². The molecule has 0 unspecified atom stereocenters. The van der Waals surface area contributed by atoms with Gasteiger partial charge in [0, 0.05) is 0 Å². The molecule has 0 saturated carbocycles. The zero-order chi connectivity index (χ0) is 21.2. The lowest BCUT2D eigenvalue weighted by atomic mass is 10.1. The average Bonchev–Trinajstić information content (AvgIpc) is 2.78. The lowest BCUT2D eigenvalue weighted by Gasteiger charge is -2.10. The molecule has 0 fully saturated rings. The molecule has 0 aromatic heterocycles. The quantitative estimate of drug-likeness (QED) is 0.565. The van der Waals surface area contributed by atoms with Crippen molar-refractivity contribution in [3.05, 3.63) is 95.6 Å². The van der Waals surface area contributed by atoms with E-state index in [-0.39, 0.29) is 18.9 Å². The van der Waals surface area contributed by atoms with Gasteiger partial charge in [0.1, 0.15) is 18.1 Å². The number of nitrogens with one attached hydrogen (secondary N) is 2. The Labute approximate surface area is 175 Å². The highest BCUT2D eigenvalue weighted by atomic mass is 16.5. The third kappa shape index (κ3) is 6.67. The zero-order valence-corrected chi connectivity index (χ0v) is 16.8. The molecule has 2 amide bonds. The van der Waals surface area contributed by atoms with E-state index in [0.29, 0.717) is 18.1 Å². The van der Waals surface area contributed by atoms with Crippen molar-refractivity contribution in [3.63, 3.8) is 0 Å². The van der Waals surface area contributed by atoms with Crippen molar-refractivity contribution in [1.82, 2.24) is 10.9 Å². The number of carbonyl (C=O) groups is 2. The molecule has 2 N–H and O–H groups in total. The molecule has 0 aliphatic carbocycles. The molecular formula is C24H24N2O4. The molecule has 0 radical (unpaired) electrons. The summed E-state index contributed by atoms with van der Waals surface area (Å²) in [7, 11) is 0. The fourth-order valence-electron chi connectivity index (χ4n) is 2.72. The van der Waals surface area contributed by atoms with Gasteiger partial charge in [-0.3, -0.25) is 20.4 Å². The highest BCUT2D eigenvalue weighted by Gasteiger charge is 2.08. The lowest BCUT2D eigenvalue weighted by Crippen LogP contribution is -2.44. The summed E-state index contributed by atoms with van der Waals surface area (Å²) >= 11 is 0. The number of amides is 2. The van der Waals surface area contributed by atoms with Gasteiger partial charge in [-0.15, -0.1) is 0 Å². The first-order valence-electron chi connectivity index (χ1n) is 9.62. The van der Waals surface area contributed by atoms with Crippen molar-refractivity contribution in [2.45, 2.75) is 20.0 Å². The van der Waals surface area contributed by atoms with Crippen molar-refractivity contribution >= 4 is 11.8 Å². The number of carbonyl (C=O) groups excluding carboxylic acids is 2. The Bertz CT molecular complexity index is 972. The summed E-state index contributed by atoms with van der Waals surface area (Å²) < 4.78 is 11.1. The van der Waals surface area contributed by atoms with Crippen molar-refractivity contribution < 1.29 is 19.1 Å². The molecule has 6 heteroatoms. The molecule has 0 atom stereocenters. The van der Waals surface area contributed by atoms with Crippen LogP contribution in [-0.4, -0.2) is 18.4 Å². The second-order valence-electron chi connectivity index (χ2n) is 6.73. The van der Waals surface area contributed by atoms with E-state index in [1.807, 2.05) is 61.5 Å². The number of hydrogen-bond acceptors (Lipinski definition) is 4. The molecule has 30 heavy (non-hydrogen) atoms. The van der Waals surface area contributed by atoms with Crippen LogP contribution in [0.1, 0.15) is 16.7 Å². The second-order valence-corrected chi connectivity index (χ2v) is 6.73. The molecule has 3 rings (SSSR count). The van der Waals surface area contributed by atoms with Crippen LogP contribution >= 0.6 is 0 Å². The first-order chi connectivity index (χ1) is 14.6. The monoisotopic (exact) mass is 404 g/mol. The van der Waals surface area contributed by atoms with Gasteiger partial charge in [0.05, 0.1) is 6.42 Å². The third-order valence-corrected chi connectivity index (χ3v) is 4.40. The van der Waals surface area contributed by atoms with Crippen molar-refractivity contribution in [2.24, 2.45) is 0 Å². The molecule has 0 heterocycles. The summed E-state index contributed by atoms with van der Waals surface area (Å²) in [6, 6.07) is 24.5. The van der Waals surface area contributed by atoms with Gasteiger partial charge in [-0.25, -0.2) is 0 Å². The van der Waals surface area contributed by atoms with Crippen LogP contribution in [0, 0.1) is 6.92 Å². The van der Waals surface area contributed by atoms with E-state index >= 15 is 0 Å². The Hall–Kier alpha value is -3.80. The van der Waals surface area contributed by atoms with Crippen molar-refractivity contribution in [2.75, 3.05) is 6.61 Å². The molecule has 3 aromatic carbocycles. The molecule has 0 spiro atoms. The van der Waals surface area contributed by atoms with Gasteiger partial charge < -0.3 is 9.47 Å². The number of hydrogen-bond donors (Lipinski definition) is 2. The Morgan fingerprint density at radius 3 is 2.03 bits per heavy atom. The van der Waals surface area contributed by atoms with Gasteiger partial charge in [-0.2, -0.15) is 0 Å². The van der Waals surface area contributed by atoms with Gasteiger partial charge in [0.15, 0.2) is 6.61 Å². The summed E-state index contributed by atoms with van der Waals surface area (Å²) in [5, 5.41) is 0. The van der Waals surface area contributed by atoms with E-state index in [0.717, 1.165) is 16.7 Å². The second kappa shape index (κ2) is 10.7. The number of benzene rings is 3. The van der Waals surface area contributed by atoms with E-state index in [4.69, 9.17) is 9.47 Å². The summed E-state index contributed by atoms with van der Waals surface area (Å²) in [5.41, 5.74) is 7.77. The molecule has 0 bridgehead atoms. The molecule has 0 saturated heterocycles. The molecule has 3 aromatic rings. The smallest absolute Gasteiger partial charge is 0.276 e. The van der Waals surface area contributed by atoms with E-state index in [2.05, 4.69) is 10.9 Å². The summed E-state index contributed by atoms with van der Waals surface area (Å²) in [6.45, 7) is 2.20. The van der Waals surface area contributed by atoms with E-state index in [1.54, 1.807) is 24.3 Å². The van der Waals surface area contributed by atoms with Gasteiger partial charge in [0.25, 0.3) is 5.91 Å². The van der Waals surface area contributed by atoms with Crippen molar-refractivity contribution in [3.8, 4) is 11.5 Å². The maximum absolute atomic E-state index is 12.0. The Kier molecular flexibility index (Phi) is 7.44. The number of hydrazine groups is 1. The van der Waals surface area contributed by atoms with Crippen LogP contribution in [0.15, 0.2) is 78.9 Å². The van der Waals surface area contributed by atoms with E-state index in [9.17, 15) is 9.59 Å².